The first-order chi connectivity index (χ1) is 17.5. The zero-order valence-electron chi connectivity index (χ0n) is 21.4. The first kappa shape index (κ1) is 25.2. The van der Waals surface area contributed by atoms with Gasteiger partial charge in [0.1, 0.15) is 5.82 Å². The summed E-state index contributed by atoms with van der Waals surface area (Å²) < 4.78 is 7.48. The monoisotopic (exact) mass is 485 g/mol. The van der Waals surface area contributed by atoms with Gasteiger partial charge in [0, 0.05) is 49.6 Å². The van der Waals surface area contributed by atoms with Crippen molar-refractivity contribution in [1.29, 1.82) is 0 Å². The van der Waals surface area contributed by atoms with Gasteiger partial charge in [0.2, 0.25) is 0 Å². The number of aromatic nitrogens is 3. The number of benzene rings is 1. The van der Waals surface area contributed by atoms with E-state index in [1.54, 1.807) is 12.3 Å². The molecule has 0 saturated carbocycles. The summed E-state index contributed by atoms with van der Waals surface area (Å²) >= 11 is 0. The lowest BCUT2D eigenvalue weighted by atomic mass is 10.1. The second-order valence-electron chi connectivity index (χ2n) is 8.68. The number of hydrogen-bond acceptors (Lipinski definition) is 7. The molecule has 4 rings (SSSR count). The van der Waals surface area contributed by atoms with Gasteiger partial charge in [-0.15, -0.1) is 0 Å². The van der Waals surface area contributed by atoms with Crippen LogP contribution >= 0.6 is 0 Å². The van der Waals surface area contributed by atoms with Gasteiger partial charge in [-0.2, -0.15) is 14.7 Å². The van der Waals surface area contributed by atoms with E-state index in [4.69, 9.17) is 14.8 Å². The molecule has 0 amide bonds. The lowest BCUT2D eigenvalue weighted by Gasteiger charge is -2.29. The van der Waals surface area contributed by atoms with Gasteiger partial charge in [-0.25, -0.2) is 4.98 Å². The lowest BCUT2D eigenvalue weighted by molar-refractivity contribution is 0.122. The van der Waals surface area contributed by atoms with Gasteiger partial charge in [0.15, 0.2) is 11.5 Å². The van der Waals surface area contributed by atoms with Crippen molar-refractivity contribution in [2.24, 2.45) is 5.10 Å². The Kier molecular flexibility index (Phi) is 8.17. The summed E-state index contributed by atoms with van der Waals surface area (Å²) in [6.45, 7) is 18.9. The summed E-state index contributed by atoms with van der Waals surface area (Å²) in [5, 5.41) is 9.30. The minimum Gasteiger partial charge on any atom is -0.378 e. The highest BCUT2D eigenvalue weighted by Crippen LogP contribution is 2.27. The van der Waals surface area contributed by atoms with Crippen LogP contribution in [0.3, 0.4) is 0 Å². The standard InChI is InChI=1S/C28H35N7O/c1-6-22(17-21(4)5)20-29-31-26-19-28(34-13-15-36-16-14-34)35-27(30-26)18-25(32-35)23-9-11-24(12-10-23)33(7-2)8-3/h6,9-12,17-20H,1,4,7-8,13-16H2,2-3,5H3,(H,30,31)/b22-17+,29-20+. The molecule has 8 nitrogen and oxygen atoms in total. The Morgan fingerprint density at radius 1 is 1.17 bits per heavy atom. The Hall–Kier alpha value is -3.91. The molecule has 36 heavy (non-hydrogen) atoms. The molecule has 1 aliphatic rings. The van der Waals surface area contributed by atoms with Crippen molar-refractivity contribution >= 4 is 29.2 Å². The Morgan fingerprint density at radius 3 is 2.53 bits per heavy atom. The molecule has 0 unspecified atom stereocenters. The van der Waals surface area contributed by atoms with Crippen LogP contribution in [-0.4, -0.2) is 60.2 Å². The van der Waals surface area contributed by atoms with Gasteiger partial charge in [0.05, 0.1) is 25.1 Å². The molecular weight excluding hydrogens is 450 g/mol. The molecule has 1 aliphatic heterocycles. The molecule has 8 heteroatoms. The number of hydrogen-bond donors (Lipinski definition) is 1. The average molecular weight is 486 g/mol. The number of ether oxygens (including phenoxy) is 1. The number of nitrogens with one attached hydrogen (secondary N) is 1. The highest BCUT2D eigenvalue weighted by molar-refractivity contribution is 5.83. The highest BCUT2D eigenvalue weighted by atomic mass is 16.5. The van der Waals surface area contributed by atoms with Gasteiger partial charge in [-0.3, -0.25) is 5.43 Å². The van der Waals surface area contributed by atoms with Crippen molar-refractivity contribution in [3.8, 4) is 11.3 Å². The molecule has 1 fully saturated rings. The largest absolute Gasteiger partial charge is 0.378 e. The van der Waals surface area contributed by atoms with Gasteiger partial charge in [0.25, 0.3) is 0 Å². The molecule has 1 N–H and O–H groups in total. The second kappa shape index (κ2) is 11.7. The third kappa shape index (κ3) is 5.83. The van der Waals surface area contributed by atoms with E-state index in [9.17, 15) is 0 Å². The topological polar surface area (TPSA) is 70.3 Å². The zero-order valence-corrected chi connectivity index (χ0v) is 21.4. The number of nitrogens with zero attached hydrogens (tertiary/aromatic N) is 6. The summed E-state index contributed by atoms with van der Waals surface area (Å²) in [5.74, 6) is 1.59. The van der Waals surface area contributed by atoms with Gasteiger partial charge >= 0.3 is 0 Å². The molecule has 188 valence electrons. The van der Waals surface area contributed by atoms with E-state index in [0.717, 1.165) is 60.0 Å². The number of fused-ring (bicyclic) bond motifs is 1. The molecule has 3 aromatic rings. The molecule has 1 saturated heterocycles. The van der Waals surface area contributed by atoms with Crippen LogP contribution < -0.4 is 15.2 Å². The first-order valence-electron chi connectivity index (χ1n) is 12.4. The number of anilines is 3. The first-order valence-corrected chi connectivity index (χ1v) is 12.4. The fraction of sp³-hybridized carbons (Fsp3) is 0.321. The van der Waals surface area contributed by atoms with Crippen LogP contribution in [0.25, 0.3) is 16.9 Å². The highest BCUT2D eigenvalue weighted by Gasteiger charge is 2.18. The molecule has 0 atom stereocenters. The molecule has 2 aromatic heterocycles. The predicted octanol–water partition coefficient (Wildman–Crippen LogP) is 5.17. The second-order valence-corrected chi connectivity index (χ2v) is 8.68. The smallest absolute Gasteiger partial charge is 0.160 e. The van der Waals surface area contributed by atoms with E-state index in [2.05, 4.69) is 71.6 Å². The van der Waals surface area contributed by atoms with Crippen LogP contribution in [0.4, 0.5) is 17.3 Å². The van der Waals surface area contributed by atoms with Crippen LogP contribution in [0.5, 0.6) is 0 Å². The van der Waals surface area contributed by atoms with Crippen molar-refractivity contribution in [1.82, 2.24) is 14.6 Å². The summed E-state index contributed by atoms with van der Waals surface area (Å²) in [6, 6.07) is 12.5. The van der Waals surface area contributed by atoms with Crippen LogP contribution in [0.15, 0.2) is 78.0 Å². The number of hydrazone groups is 1. The maximum atomic E-state index is 5.57. The van der Waals surface area contributed by atoms with Gasteiger partial charge in [-0.05, 0) is 38.5 Å². The van der Waals surface area contributed by atoms with E-state index in [0.29, 0.717) is 19.0 Å². The fourth-order valence-electron chi connectivity index (χ4n) is 4.21. The number of rotatable bonds is 10. The minimum atomic E-state index is 0.641. The van der Waals surface area contributed by atoms with E-state index in [1.807, 2.05) is 29.6 Å². The summed E-state index contributed by atoms with van der Waals surface area (Å²) in [6.07, 6.45) is 5.37. The molecule has 0 spiro atoms. The van der Waals surface area contributed by atoms with Crippen LogP contribution in [-0.2, 0) is 4.74 Å². The number of morpholine rings is 1. The van der Waals surface area contributed by atoms with Crippen LogP contribution in [0, 0.1) is 0 Å². The van der Waals surface area contributed by atoms with E-state index in [-0.39, 0.29) is 0 Å². The summed E-state index contributed by atoms with van der Waals surface area (Å²) in [4.78, 5) is 9.37. The van der Waals surface area contributed by atoms with E-state index >= 15 is 0 Å². The average Bonchev–Trinajstić information content (AvgIpc) is 3.33. The summed E-state index contributed by atoms with van der Waals surface area (Å²) in [7, 11) is 0. The maximum Gasteiger partial charge on any atom is 0.160 e. The van der Waals surface area contributed by atoms with Gasteiger partial charge in [-0.1, -0.05) is 43.0 Å². The van der Waals surface area contributed by atoms with Gasteiger partial charge < -0.3 is 14.5 Å². The van der Waals surface area contributed by atoms with Crippen LogP contribution in [0.2, 0.25) is 0 Å². The van der Waals surface area contributed by atoms with E-state index < -0.39 is 0 Å². The van der Waals surface area contributed by atoms with Crippen molar-refractivity contribution in [2.75, 3.05) is 54.6 Å². The van der Waals surface area contributed by atoms with Crippen molar-refractivity contribution < 1.29 is 4.74 Å². The minimum absolute atomic E-state index is 0.641. The molecule has 3 heterocycles. The zero-order chi connectivity index (χ0) is 25.5. The lowest BCUT2D eigenvalue weighted by Crippen LogP contribution is -2.37. The molecular formula is C28H35N7O. The van der Waals surface area contributed by atoms with Crippen molar-refractivity contribution in [3.63, 3.8) is 0 Å². The third-order valence-corrected chi connectivity index (χ3v) is 6.08. The van der Waals surface area contributed by atoms with E-state index in [1.165, 1.54) is 5.69 Å². The molecule has 0 radical (unpaired) electrons. The maximum absolute atomic E-state index is 5.57. The fourth-order valence-corrected chi connectivity index (χ4v) is 4.21. The predicted molar refractivity (Wildman–Crippen MR) is 150 cm³/mol. The normalized spacial score (nSPS) is 14.4. The molecule has 0 bridgehead atoms. The Bertz CT molecular complexity index is 1260. The number of allylic oxidation sites excluding steroid dienone is 4. The third-order valence-electron chi connectivity index (χ3n) is 6.08. The van der Waals surface area contributed by atoms with Crippen molar-refractivity contribution in [2.45, 2.75) is 20.8 Å². The Labute approximate surface area is 213 Å². The summed E-state index contributed by atoms with van der Waals surface area (Å²) in [5.41, 5.74) is 8.76. The SMILES string of the molecule is C=CC(/C=N/Nc1cc(N2CCOCC2)n2nc(-c3ccc(N(CC)CC)cc3)cc2n1)=C\C(=C)C. The Balaban J connectivity index is 1.68. The van der Waals surface area contributed by atoms with Crippen molar-refractivity contribution in [3.05, 3.63) is 72.9 Å². The molecule has 1 aromatic carbocycles. The van der Waals surface area contributed by atoms with Crippen LogP contribution in [0.1, 0.15) is 20.8 Å². The molecule has 0 aliphatic carbocycles. The Morgan fingerprint density at radius 2 is 1.89 bits per heavy atom. The quantitative estimate of drug-likeness (QED) is 0.243.